The molecule has 0 saturated heterocycles. The monoisotopic (exact) mass is 884 g/mol. The number of hydrogen-bond donors (Lipinski definition) is 0. The molecule has 0 saturated carbocycles. The fraction of sp³-hybridized carbons (Fsp3) is 0. The van der Waals surface area contributed by atoms with Crippen LogP contribution in [0.15, 0.2) is 223 Å². The molecule has 0 fully saturated rings. The van der Waals surface area contributed by atoms with Crippen molar-refractivity contribution in [2.24, 2.45) is 0 Å². The molecule has 0 atom stereocenters. The lowest BCUT2D eigenvalue weighted by atomic mass is 9.97. The van der Waals surface area contributed by atoms with Gasteiger partial charge in [-0.3, -0.25) is 4.57 Å². The molecule has 15 aromatic rings. The molecule has 316 valence electrons. The Hall–Kier alpha value is -8.84. The van der Waals surface area contributed by atoms with Crippen LogP contribution in [0, 0.1) is 0 Å². The maximum absolute atomic E-state index is 6.26. The van der Waals surface area contributed by atoms with Crippen LogP contribution in [-0.4, -0.2) is 19.1 Å². The zero-order valence-corrected chi connectivity index (χ0v) is 37.2. The molecule has 0 unspecified atom stereocenters. The minimum absolute atomic E-state index is 0.645. The van der Waals surface area contributed by atoms with E-state index in [0.717, 1.165) is 82.8 Å². The second kappa shape index (κ2) is 14.3. The van der Waals surface area contributed by atoms with Crippen molar-refractivity contribution in [2.75, 3.05) is 0 Å². The van der Waals surface area contributed by atoms with Crippen molar-refractivity contribution >= 4 is 109 Å². The van der Waals surface area contributed by atoms with Crippen molar-refractivity contribution in [3.05, 3.63) is 218 Å². The van der Waals surface area contributed by atoms with Gasteiger partial charge in [0.05, 0.1) is 33.3 Å². The zero-order valence-electron chi connectivity index (χ0n) is 36.4. The van der Waals surface area contributed by atoms with Crippen molar-refractivity contribution in [3.8, 4) is 44.5 Å². The standard InChI is InChI=1S/C62H36N4OS/c1-3-15-38(16-4-1)56-35-41-26-30-49-59(61(41)68-56)60(39-17-5-2-6-18-39)64-62(63-49)66-51-31-28-40(34-48(51)58-43-19-8-7-14-37(43)27-32-53(58)66)44-22-13-24-52-57(44)46-21-9-11-23-50(46)65(52)42-29-33-55-47(36-42)45-20-10-12-25-54(45)67-55/h1-36H. The average Bonchev–Trinajstić information content (AvgIpc) is 4.18. The molecule has 0 aliphatic rings. The van der Waals surface area contributed by atoms with Gasteiger partial charge in [-0.1, -0.05) is 152 Å². The van der Waals surface area contributed by atoms with Crippen molar-refractivity contribution in [2.45, 2.75) is 0 Å². The highest BCUT2D eigenvalue weighted by Gasteiger charge is 2.23. The van der Waals surface area contributed by atoms with Crippen molar-refractivity contribution in [1.29, 1.82) is 0 Å². The Balaban J connectivity index is 0.975. The Kier molecular flexibility index (Phi) is 7.88. The van der Waals surface area contributed by atoms with Crippen LogP contribution in [0.1, 0.15) is 0 Å². The van der Waals surface area contributed by atoms with E-state index in [9.17, 15) is 0 Å². The van der Waals surface area contributed by atoms with Gasteiger partial charge in [-0.15, -0.1) is 11.3 Å². The Morgan fingerprint density at radius 2 is 1.07 bits per heavy atom. The highest BCUT2D eigenvalue weighted by atomic mass is 32.1. The molecule has 0 bridgehead atoms. The molecule has 5 nitrogen and oxygen atoms in total. The normalized spacial score (nSPS) is 12.1. The molecule has 0 spiro atoms. The number of para-hydroxylation sites is 2. The first-order chi connectivity index (χ1) is 33.7. The average molecular weight is 885 g/mol. The summed E-state index contributed by atoms with van der Waals surface area (Å²) in [7, 11) is 0. The second-order valence-corrected chi connectivity index (χ2v) is 18.7. The highest BCUT2D eigenvalue weighted by molar-refractivity contribution is 7.23. The minimum Gasteiger partial charge on any atom is -0.456 e. The smallest absolute Gasteiger partial charge is 0.235 e. The Morgan fingerprint density at radius 3 is 1.96 bits per heavy atom. The van der Waals surface area contributed by atoms with E-state index in [0.29, 0.717) is 5.95 Å². The third kappa shape index (κ3) is 5.43. The molecule has 68 heavy (non-hydrogen) atoms. The molecule has 10 aromatic carbocycles. The van der Waals surface area contributed by atoms with Crippen molar-refractivity contribution in [1.82, 2.24) is 19.1 Å². The van der Waals surface area contributed by atoms with Gasteiger partial charge < -0.3 is 8.98 Å². The van der Waals surface area contributed by atoms with Crippen molar-refractivity contribution < 1.29 is 4.42 Å². The van der Waals surface area contributed by atoms with E-state index >= 15 is 0 Å². The summed E-state index contributed by atoms with van der Waals surface area (Å²) in [6, 6.07) is 78.4. The number of furan rings is 1. The third-order valence-electron chi connectivity index (χ3n) is 13.9. The van der Waals surface area contributed by atoms with E-state index in [1.807, 2.05) is 23.5 Å². The first-order valence-corrected chi connectivity index (χ1v) is 23.8. The summed E-state index contributed by atoms with van der Waals surface area (Å²) in [6.07, 6.45) is 0. The molecule has 5 heterocycles. The molecule has 0 aliphatic heterocycles. The Labute approximate surface area is 393 Å². The molecule has 5 aromatic heterocycles. The summed E-state index contributed by atoms with van der Waals surface area (Å²) in [5.41, 5.74) is 13.7. The lowest BCUT2D eigenvalue weighted by molar-refractivity contribution is 0.669. The van der Waals surface area contributed by atoms with Crippen LogP contribution >= 0.6 is 11.3 Å². The number of fused-ring (bicyclic) bond motifs is 14. The third-order valence-corrected chi connectivity index (χ3v) is 15.1. The molecule has 0 radical (unpaired) electrons. The van der Waals surface area contributed by atoms with E-state index in [1.54, 1.807) is 0 Å². The van der Waals surface area contributed by atoms with E-state index in [4.69, 9.17) is 14.4 Å². The molecule has 0 amide bonds. The van der Waals surface area contributed by atoms with Gasteiger partial charge in [0, 0.05) is 58.5 Å². The van der Waals surface area contributed by atoms with Gasteiger partial charge in [-0.2, -0.15) is 0 Å². The van der Waals surface area contributed by atoms with E-state index in [-0.39, 0.29) is 0 Å². The zero-order chi connectivity index (χ0) is 44.5. The van der Waals surface area contributed by atoms with Crippen LogP contribution in [0.5, 0.6) is 0 Å². The van der Waals surface area contributed by atoms with Crippen LogP contribution in [0.2, 0.25) is 0 Å². The Morgan fingerprint density at radius 1 is 0.382 bits per heavy atom. The lowest BCUT2D eigenvalue weighted by Crippen LogP contribution is -2.03. The topological polar surface area (TPSA) is 48.8 Å². The fourth-order valence-corrected chi connectivity index (χ4v) is 12.1. The van der Waals surface area contributed by atoms with Crippen LogP contribution in [-0.2, 0) is 0 Å². The lowest BCUT2D eigenvalue weighted by Gasteiger charge is -2.13. The van der Waals surface area contributed by atoms with Gasteiger partial charge in [-0.05, 0) is 99.6 Å². The number of rotatable bonds is 5. The SMILES string of the molecule is c1ccc(-c2cc3ccc4nc(-n5c6ccc(-c7cccc8c7c7ccccc7n8-c7ccc8oc9ccccc9c8c7)cc6c6c7ccccc7ccc65)nc(-c5ccccc5)c4c3s2)cc1. The first kappa shape index (κ1) is 37.4. The summed E-state index contributed by atoms with van der Waals surface area (Å²) in [6.45, 7) is 0. The number of thiophene rings is 1. The molecule has 6 heteroatoms. The minimum atomic E-state index is 0.645. The van der Waals surface area contributed by atoms with E-state index < -0.39 is 0 Å². The number of aromatic nitrogens is 4. The van der Waals surface area contributed by atoms with Crippen LogP contribution < -0.4 is 0 Å². The number of benzene rings is 10. The predicted molar refractivity (Wildman–Crippen MR) is 285 cm³/mol. The van der Waals surface area contributed by atoms with E-state index in [2.05, 4.69) is 215 Å². The Bertz CT molecular complexity index is 4560. The molecular formula is C62H36N4OS. The van der Waals surface area contributed by atoms with E-state index in [1.165, 1.54) is 53.0 Å². The van der Waals surface area contributed by atoms with Crippen LogP contribution in [0.3, 0.4) is 0 Å². The van der Waals surface area contributed by atoms with Crippen LogP contribution in [0.4, 0.5) is 0 Å². The number of nitrogens with zero attached hydrogens (tertiary/aromatic N) is 4. The summed E-state index contributed by atoms with van der Waals surface area (Å²) in [4.78, 5) is 12.3. The fourth-order valence-electron chi connectivity index (χ4n) is 10.9. The summed E-state index contributed by atoms with van der Waals surface area (Å²) in [5.74, 6) is 0.645. The molecule has 15 rings (SSSR count). The molecular weight excluding hydrogens is 849 g/mol. The quantitative estimate of drug-likeness (QED) is 0.173. The van der Waals surface area contributed by atoms with Crippen LogP contribution in [0.25, 0.3) is 142 Å². The maximum Gasteiger partial charge on any atom is 0.235 e. The van der Waals surface area contributed by atoms with Gasteiger partial charge in [0.15, 0.2) is 0 Å². The van der Waals surface area contributed by atoms with Gasteiger partial charge in [0.25, 0.3) is 0 Å². The molecule has 0 N–H and O–H groups in total. The van der Waals surface area contributed by atoms with Gasteiger partial charge >= 0.3 is 0 Å². The van der Waals surface area contributed by atoms with Crippen molar-refractivity contribution in [3.63, 3.8) is 0 Å². The largest absolute Gasteiger partial charge is 0.456 e. The predicted octanol–water partition coefficient (Wildman–Crippen LogP) is 17.1. The highest BCUT2D eigenvalue weighted by Crippen LogP contribution is 2.45. The summed E-state index contributed by atoms with van der Waals surface area (Å²) >= 11 is 1.81. The summed E-state index contributed by atoms with van der Waals surface area (Å²) < 4.78 is 12.1. The first-order valence-electron chi connectivity index (χ1n) is 23.0. The summed E-state index contributed by atoms with van der Waals surface area (Å²) in [5, 5.41) is 11.6. The maximum atomic E-state index is 6.26. The molecule has 0 aliphatic carbocycles. The second-order valence-electron chi connectivity index (χ2n) is 17.7. The van der Waals surface area contributed by atoms with Gasteiger partial charge in [0.1, 0.15) is 11.2 Å². The van der Waals surface area contributed by atoms with Gasteiger partial charge in [-0.25, -0.2) is 9.97 Å². The number of hydrogen-bond acceptors (Lipinski definition) is 4. The van der Waals surface area contributed by atoms with Gasteiger partial charge in [0.2, 0.25) is 5.95 Å².